The van der Waals surface area contributed by atoms with Gasteiger partial charge in [-0.25, -0.2) is 4.39 Å². The minimum Gasteiger partial charge on any atom is -0.345 e. The van der Waals surface area contributed by atoms with E-state index in [0.717, 1.165) is 22.9 Å². The molecule has 0 unspecified atom stereocenters. The van der Waals surface area contributed by atoms with Crippen LogP contribution in [0.2, 0.25) is 0 Å². The highest BCUT2D eigenvalue weighted by molar-refractivity contribution is 5.84. The van der Waals surface area contributed by atoms with Gasteiger partial charge in [-0.05, 0) is 50.6 Å². The number of rotatable bonds is 3. The van der Waals surface area contributed by atoms with Crippen LogP contribution in [0.1, 0.15) is 25.5 Å². The number of aromatic nitrogens is 1. The van der Waals surface area contributed by atoms with Gasteiger partial charge in [-0.1, -0.05) is 0 Å². The van der Waals surface area contributed by atoms with Crippen LogP contribution in [0.5, 0.6) is 0 Å². The summed E-state index contributed by atoms with van der Waals surface area (Å²) < 4.78 is 15.4. The van der Waals surface area contributed by atoms with E-state index in [0.29, 0.717) is 12.6 Å². The molecular weight excluding hydrogens is 203 g/mol. The molecule has 0 amide bonds. The third-order valence-corrected chi connectivity index (χ3v) is 2.85. The van der Waals surface area contributed by atoms with Crippen LogP contribution < -0.4 is 5.73 Å². The van der Waals surface area contributed by atoms with Crippen LogP contribution in [0, 0.1) is 5.82 Å². The molecule has 0 spiro atoms. The van der Waals surface area contributed by atoms with Gasteiger partial charge in [-0.3, -0.25) is 0 Å². The zero-order chi connectivity index (χ0) is 11.7. The van der Waals surface area contributed by atoms with E-state index in [1.54, 1.807) is 6.07 Å². The molecule has 0 saturated heterocycles. The fraction of sp³-hybridized carbons (Fsp3) is 0.385. The first-order chi connectivity index (χ1) is 7.63. The maximum Gasteiger partial charge on any atom is 0.123 e. The van der Waals surface area contributed by atoms with Gasteiger partial charge in [0.1, 0.15) is 5.82 Å². The molecule has 2 N–H and O–H groups in total. The van der Waals surface area contributed by atoms with E-state index < -0.39 is 0 Å². The van der Waals surface area contributed by atoms with Crippen LogP contribution in [-0.4, -0.2) is 11.1 Å². The summed E-state index contributed by atoms with van der Waals surface area (Å²) in [6.07, 6.45) is 2.88. The zero-order valence-electron chi connectivity index (χ0n) is 9.70. The molecule has 86 valence electrons. The van der Waals surface area contributed by atoms with Crippen molar-refractivity contribution in [3.05, 3.63) is 35.8 Å². The van der Waals surface area contributed by atoms with Gasteiger partial charge in [0.25, 0.3) is 0 Å². The Kier molecular flexibility index (Phi) is 2.97. The lowest BCUT2D eigenvalue weighted by atomic mass is 10.1. The lowest BCUT2D eigenvalue weighted by Crippen LogP contribution is -2.02. The Bertz CT molecular complexity index is 500. The number of nitrogens with two attached hydrogens (primary N) is 1. The first-order valence-corrected chi connectivity index (χ1v) is 5.62. The molecule has 2 nitrogen and oxygen atoms in total. The zero-order valence-corrected chi connectivity index (χ0v) is 9.70. The van der Waals surface area contributed by atoms with Crippen molar-refractivity contribution < 1.29 is 4.39 Å². The molecule has 0 radical (unpaired) electrons. The highest BCUT2D eigenvalue weighted by Crippen LogP contribution is 2.25. The van der Waals surface area contributed by atoms with Crippen LogP contribution in [0.25, 0.3) is 10.9 Å². The van der Waals surface area contributed by atoms with Gasteiger partial charge in [0.15, 0.2) is 0 Å². The molecular formula is C13H17FN2. The van der Waals surface area contributed by atoms with E-state index in [9.17, 15) is 4.39 Å². The summed E-state index contributed by atoms with van der Waals surface area (Å²) in [5.41, 5.74) is 7.79. The molecule has 1 aromatic carbocycles. The van der Waals surface area contributed by atoms with Crippen molar-refractivity contribution in [2.24, 2.45) is 5.73 Å². The molecule has 1 aromatic heterocycles. The van der Waals surface area contributed by atoms with E-state index in [1.165, 1.54) is 6.07 Å². The number of halogens is 1. The Morgan fingerprint density at radius 2 is 2.12 bits per heavy atom. The number of benzene rings is 1. The van der Waals surface area contributed by atoms with E-state index in [-0.39, 0.29) is 5.82 Å². The van der Waals surface area contributed by atoms with Gasteiger partial charge in [0, 0.05) is 23.1 Å². The minimum absolute atomic E-state index is 0.188. The van der Waals surface area contributed by atoms with Crippen molar-refractivity contribution in [1.29, 1.82) is 0 Å². The van der Waals surface area contributed by atoms with E-state index in [2.05, 4.69) is 24.6 Å². The van der Waals surface area contributed by atoms with Crippen LogP contribution >= 0.6 is 0 Å². The third kappa shape index (κ3) is 1.83. The molecule has 0 aliphatic rings. The van der Waals surface area contributed by atoms with E-state index >= 15 is 0 Å². The number of fused-ring (bicyclic) bond motifs is 1. The van der Waals surface area contributed by atoms with Gasteiger partial charge < -0.3 is 10.3 Å². The van der Waals surface area contributed by atoms with Crippen LogP contribution in [-0.2, 0) is 6.42 Å². The fourth-order valence-corrected chi connectivity index (χ4v) is 2.08. The minimum atomic E-state index is -0.188. The molecule has 16 heavy (non-hydrogen) atoms. The average molecular weight is 220 g/mol. The van der Waals surface area contributed by atoms with Crippen molar-refractivity contribution in [2.75, 3.05) is 6.54 Å². The van der Waals surface area contributed by atoms with Crippen molar-refractivity contribution in [2.45, 2.75) is 26.3 Å². The topological polar surface area (TPSA) is 30.9 Å². The molecule has 0 fully saturated rings. The highest BCUT2D eigenvalue weighted by Gasteiger charge is 2.10. The summed E-state index contributed by atoms with van der Waals surface area (Å²) >= 11 is 0. The van der Waals surface area contributed by atoms with Crippen molar-refractivity contribution >= 4 is 10.9 Å². The first kappa shape index (κ1) is 11.1. The van der Waals surface area contributed by atoms with E-state index in [4.69, 9.17) is 5.73 Å². The highest BCUT2D eigenvalue weighted by atomic mass is 19.1. The van der Waals surface area contributed by atoms with Crippen molar-refractivity contribution in [3.63, 3.8) is 0 Å². The molecule has 0 aliphatic heterocycles. The number of nitrogens with zero attached hydrogens (tertiary/aromatic N) is 1. The standard InChI is InChI=1S/C13H17FN2/c1-9(2)16-8-10(5-6-15)12-7-11(14)3-4-13(12)16/h3-4,7-9H,5-6,15H2,1-2H3. The molecule has 0 aliphatic carbocycles. The quantitative estimate of drug-likeness (QED) is 0.847. The molecule has 1 heterocycles. The summed E-state index contributed by atoms with van der Waals surface area (Å²) in [4.78, 5) is 0. The van der Waals surface area contributed by atoms with Gasteiger partial charge in [-0.15, -0.1) is 0 Å². The summed E-state index contributed by atoms with van der Waals surface area (Å²) in [7, 11) is 0. The summed E-state index contributed by atoms with van der Waals surface area (Å²) in [6, 6.07) is 5.32. The van der Waals surface area contributed by atoms with Gasteiger partial charge in [0.05, 0.1) is 0 Å². The molecule has 2 aromatic rings. The fourth-order valence-electron chi connectivity index (χ4n) is 2.08. The summed E-state index contributed by atoms with van der Waals surface area (Å²) in [5, 5.41) is 0.985. The predicted octanol–water partition coefficient (Wildman–Crippen LogP) is 2.86. The maximum atomic E-state index is 13.2. The Hall–Kier alpha value is -1.35. The Balaban J connectivity index is 2.66. The smallest absolute Gasteiger partial charge is 0.123 e. The lowest BCUT2D eigenvalue weighted by Gasteiger charge is -2.08. The van der Waals surface area contributed by atoms with Crippen LogP contribution in [0.15, 0.2) is 24.4 Å². The number of hydrogen-bond donors (Lipinski definition) is 1. The average Bonchev–Trinajstić information content (AvgIpc) is 2.58. The third-order valence-electron chi connectivity index (χ3n) is 2.85. The first-order valence-electron chi connectivity index (χ1n) is 5.62. The van der Waals surface area contributed by atoms with E-state index in [1.807, 2.05) is 6.07 Å². The molecule has 0 saturated carbocycles. The normalized spacial score (nSPS) is 11.6. The van der Waals surface area contributed by atoms with Gasteiger partial charge in [0.2, 0.25) is 0 Å². The SMILES string of the molecule is CC(C)n1cc(CCN)c2cc(F)ccc21. The monoisotopic (exact) mass is 220 g/mol. The predicted molar refractivity (Wildman–Crippen MR) is 65.0 cm³/mol. The van der Waals surface area contributed by atoms with Gasteiger partial charge >= 0.3 is 0 Å². The second-order valence-corrected chi connectivity index (χ2v) is 4.36. The lowest BCUT2D eigenvalue weighted by molar-refractivity contribution is 0.617. The summed E-state index contributed by atoms with van der Waals surface area (Å²) in [6.45, 7) is 4.83. The molecule has 0 atom stereocenters. The maximum absolute atomic E-state index is 13.2. The molecule has 0 bridgehead atoms. The molecule has 2 rings (SSSR count). The largest absolute Gasteiger partial charge is 0.345 e. The van der Waals surface area contributed by atoms with Crippen LogP contribution in [0.4, 0.5) is 4.39 Å². The van der Waals surface area contributed by atoms with Crippen molar-refractivity contribution in [3.8, 4) is 0 Å². The summed E-state index contributed by atoms with van der Waals surface area (Å²) in [5.74, 6) is -0.188. The van der Waals surface area contributed by atoms with Crippen LogP contribution in [0.3, 0.4) is 0 Å². The Morgan fingerprint density at radius 3 is 2.75 bits per heavy atom. The Morgan fingerprint density at radius 1 is 1.38 bits per heavy atom. The van der Waals surface area contributed by atoms with Crippen molar-refractivity contribution in [1.82, 2.24) is 4.57 Å². The second-order valence-electron chi connectivity index (χ2n) is 4.36. The number of hydrogen-bond acceptors (Lipinski definition) is 1. The van der Waals surface area contributed by atoms with Gasteiger partial charge in [-0.2, -0.15) is 0 Å². The Labute approximate surface area is 94.9 Å². The second kappa shape index (κ2) is 4.26. The molecule has 3 heteroatoms.